The molecule has 1 nitrogen and oxygen atoms in total. The molecule has 1 heterocycles. The summed E-state index contributed by atoms with van der Waals surface area (Å²) in [7, 11) is 0. The molecule has 16 heavy (non-hydrogen) atoms. The molecule has 0 amide bonds. The Balaban J connectivity index is 2.23. The average Bonchev–Trinajstić information content (AvgIpc) is 2.25. The lowest BCUT2D eigenvalue weighted by Crippen LogP contribution is -2.33. The summed E-state index contributed by atoms with van der Waals surface area (Å²) >= 11 is 3.22. The van der Waals surface area contributed by atoms with Gasteiger partial charge in [-0.15, -0.1) is 0 Å². The van der Waals surface area contributed by atoms with Crippen LogP contribution in [0, 0.1) is 18.7 Å². The van der Waals surface area contributed by atoms with Crippen molar-refractivity contribution in [3.05, 3.63) is 28.0 Å². The van der Waals surface area contributed by atoms with Gasteiger partial charge in [0.2, 0.25) is 0 Å². The number of benzene rings is 1. The Morgan fingerprint density at radius 3 is 2.56 bits per heavy atom. The number of rotatable bonds is 1. The number of hydrogen-bond acceptors (Lipinski definition) is 1. The molecule has 0 bridgehead atoms. The molecule has 0 N–H and O–H groups in total. The summed E-state index contributed by atoms with van der Waals surface area (Å²) in [6.45, 7) is 6.41. The number of anilines is 1. The standard InChI is InChI=1S/C13H17BrFN/c1-9-3-5-16(6-4-9)13-8-12(15)11(14)7-10(13)2/h7-9H,3-6H2,1-2H3. The lowest BCUT2D eigenvalue weighted by molar-refractivity contribution is 0.437. The zero-order valence-electron chi connectivity index (χ0n) is 9.76. The van der Waals surface area contributed by atoms with Crippen LogP contribution in [0.15, 0.2) is 16.6 Å². The quantitative estimate of drug-likeness (QED) is 0.750. The van der Waals surface area contributed by atoms with E-state index >= 15 is 0 Å². The van der Waals surface area contributed by atoms with Gasteiger partial charge in [0.05, 0.1) is 4.47 Å². The molecule has 1 aromatic rings. The first kappa shape index (κ1) is 11.9. The molecular formula is C13H17BrFN. The van der Waals surface area contributed by atoms with Gasteiger partial charge in [-0.05, 0) is 59.3 Å². The second-order valence-electron chi connectivity index (χ2n) is 4.72. The minimum atomic E-state index is -0.167. The molecule has 1 aromatic carbocycles. The van der Waals surface area contributed by atoms with E-state index in [1.165, 1.54) is 12.8 Å². The van der Waals surface area contributed by atoms with Crippen molar-refractivity contribution < 1.29 is 4.39 Å². The smallest absolute Gasteiger partial charge is 0.139 e. The Labute approximate surface area is 105 Å². The predicted octanol–water partition coefficient (Wildman–Crippen LogP) is 4.13. The molecule has 0 aromatic heterocycles. The average molecular weight is 286 g/mol. The van der Waals surface area contributed by atoms with Gasteiger partial charge >= 0.3 is 0 Å². The normalized spacial score (nSPS) is 17.9. The second kappa shape index (κ2) is 4.74. The summed E-state index contributed by atoms with van der Waals surface area (Å²) < 4.78 is 14.1. The van der Waals surface area contributed by atoms with Gasteiger partial charge in [0, 0.05) is 18.8 Å². The minimum absolute atomic E-state index is 0.167. The highest BCUT2D eigenvalue weighted by Crippen LogP contribution is 2.29. The largest absolute Gasteiger partial charge is 0.371 e. The molecule has 1 fully saturated rings. The second-order valence-corrected chi connectivity index (χ2v) is 5.58. The minimum Gasteiger partial charge on any atom is -0.371 e. The molecule has 0 aliphatic carbocycles. The van der Waals surface area contributed by atoms with Gasteiger partial charge in [0.25, 0.3) is 0 Å². The number of piperidine rings is 1. The first-order chi connectivity index (χ1) is 7.58. The van der Waals surface area contributed by atoms with Crippen molar-refractivity contribution in [2.24, 2.45) is 5.92 Å². The van der Waals surface area contributed by atoms with Crippen LogP contribution in [0.3, 0.4) is 0 Å². The maximum Gasteiger partial charge on any atom is 0.139 e. The van der Waals surface area contributed by atoms with Crippen molar-refractivity contribution in [3.63, 3.8) is 0 Å². The molecule has 1 aliphatic rings. The van der Waals surface area contributed by atoms with Crippen LogP contribution in [0.4, 0.5) is 10.1 Å². The Morgan fingerprint density at radius 2 is 1.94 bits per heavy atom. The molecule has 3 heteroatoms. The Hall–Kier alpha value is -0.570. The van der Waals surface area contributed by atoms with Gasteiger partial charge < -0.3 is 4.90 Å². The fraction of sp³-hybridized carbons (Fsp3) is 0.538. The van der Waals surface area contributed by atoms with Crippen LogP contribution in [0.1, 0.15) is 25.3 Å². The lowest BCUT2D eigenvalue weighted by Gasteiger charge is -2.33. The molecular weight excluding hydrogens is 269 g/mol. The van der Waals surface area contributed by atoms with Gasteiger partial charge in [-0.3, -0.25) is 0 Å². The van der Waals surface area contributed by atoms with E-state index in [1.54, 1.807) is 6.07 Å². The van der Waals surface area contributed by atoms with Gasteiger partial charge in [-0.2, -0.15) is 0 Å². The molecule has 0 spiro atoms. The monoisotopic (exact) mass is 285 g/mol. The van der Waals surface area contributed by atoms with Crippen LogP contribution in [0.2, 0.25) is 0 Å². The number of aryl methyl sites for hydroxylation is 1. The van der Waals surface area contributed by atoms with E-state index in [0.29, 0.717) is 4.47 Å². The zero-order chi connectivity index (χ0) is 11.7. The van der Waals surface area contributed by atoms with Crippen LogP contribution in [0.5, 0.6) is 0 Å². The number of halogens is 2. The van der Waals surface area contributed by atoms with Crippen LogP contribution < -0.4 is 4.90 Å². The molecule has 88 valence electrons. The van der Waals surface area contributed by atoms with Crippen LogP contribution in [-0.4, -0.2) is 13.1 Å². The van der Waals surface area contributed by atoms with Gasteiger partial charge in [-0.25, -0.2) is 4.39 Å². The van der Waals surface area contributed by atoms with E-state index in [4.69, 9.17) is 0 Å². The number of hydrogen-bond donors (Lipinski definition) is 0. The summed E-state index contributed by atoms with van der Waals surface area (Å²) in [5, 5.41) is 0. The molecule has 1 saturated heterocycles. The summed E-state index contributed by atoms with van der Waals surface area (Å²) in [5.74, 6) is 0.635. The fourth-order valence-electron chi connectivity index (χ4n) is 2.23. The topological polar surface area (TPSA) is 3.24 Å². The lowest BCUT2D eigenvalue weighted by atomic mass is 9.98. The first-order valence-electron chi connectivity index (χ1n) is 5.78. The number of nitrogens with zero attached hydrogens (tertiary/aromatic N) is 1. The van der Waals surface area contributed by atoms with Crippen molar-refractivity contribution in [2.75, 3.05) is 18.0 Å². The third kappa shape index (κ3) is 2.40. The molecule has 0 atom stereocenters. The van der Waals surface area contributed by atoms with Crippen LogP contribution >= 0.6 is 15.9 Å². The van der Waals surface area contributed by atoms with Crippen molar-refractivity contribution in [2.45, 2.75) is 26.7 Å². The highest BCUT2D eigenvalue weighted by molar-refractivity contribution is 9.10. The Morgan fingerprint density at radius 1 is 1.31 bits per heavy atom. The molecule has 2 rings (SSSR count). The van der Waals surface area contributed by atoms with Gasteiger partial charge in [0.15, 0.2) is 0 Å². The Kier molecular flexibility index (Phi) is 3.53. The summed E-state index contributed by atoms with van der Waals surface area (Å²) in [6, 6.07) is 3.51. The summed E-state index contributed by atoms with van der Waals surface area (Å²) in [4.78, 5) is 2.30. The zero-order valence-corrected chi connectivity index (χ0v) is 11.3. The first-order valence-corrected chi connectivity index (χ1v) is 6.58. The van der Waals surface area contributed by atoms with E-state index in [9.17, 15) is 4.39 Å². The molecule has 1 aliphatic heterocycles. The van der Waals surface area contributed by atoms with Crippen LogP contribution in [0.25, 0.3) is 0 Å². The highest BCUT2D eigenvalue weighted by Gasteiger charge is 2.18. The van der Waals surface area contributed by atoms with E-state index in [-0.39, 0.29) is 5.82 Å². The highest BCUT2D eigenvalue weighted by atomic mass is 79.9. The van der Waals surface area contributed by atoms with E-state index in [1.807, 2.05) is 13.0 Å². The molecule has 0 unspecified atom stereocenters. The molecule has 0 saturated carbocycles. The maximum absolute atomic E-state index is 13.5. The van der Waals surface area contributed by atoms with Crippen molar-refractivity contribution in [1.82, 2.24) is 0 Å². The van der Waals surface area contributed by atoms with E-state index < -0.39 is 0 Å². The fourth-order valence-corrected chi connectivity index (χ4v) is 2.68. The third-order valence-electron chi connectivity index (χ3n) is 3.36. The van der Waals surface area contributed by atoms with Crippen molar-refractivity contribution >= 4 is 21.6 Å². The van der Waals surface area contributed by atoms with E-state index in [2.05, 4.69) is 27.8 Å². The third-order valence-corrected chi connectivity index (χ3v) is 3.97. The maximum atomic E-state index is 13.5. The Bertz CT molecular complexity index is 384. The van der Waals surface area contributed by atoms with Gasteiger partial charge in [-0.1, -0.05) is 6.92 Å². The summed E-state index contributed by atoms with van der Waals surface area (Å²) in [5.41, 5.74) is 2.19. The van der Waals surface area contributed by atoms with Crippen molar-refractivity contribution in [3.8, 4) is 0 Å². The molecule has 0 radical (unpaired) electrons. The van der Waals surface area contributed by atoms with Crippen LogP contribution in [-0.2, 0) is 0 Å². The van der Waals surface area contributed by atoms with Gasteiger partial charge in [0.1, 0.15) is 5.82 Å². The summed E-state index contributed by atoms with van der Waals surface area (Å²) in [6.07, 6.45) is 2.41. The van der Waals surface area contributed by atoms with Crippen molar-refractivity contribution in [1.29, 1.82) is 0 Å². The predicted molar refractivity (Wildman–Crippen MR) is 69.4 cm³/mol. The van der Waals surface area contributed by atoms with E-state index in [0.717, 1.165) is 30.3 Å². The SMILES string of the molecule is Cc1cc(Br)c(F)cc1N1CCC(C)CC1.